The maximum Gasteiger partial charge on any atom is 0.374 e. The molecule has 0 radical (unpaired) electrons. The Bertz CT molecular complexity index is 2120. The van der Waals surface area contributed by atoms with Gasteiger partial charge in [0, 0.05) is 29.0 Å². The van der Waals surface area contributed by atoms with Gasteiger partial charge in [-0.15, -0.1) is 9.13 Å². The summed E-state index contributed by atoms with van der Waals surface area (Å²) in [4.78, 5) is 0. The lowest BCUT2D eigenvalue weighted by molar-refractivity contribution is -0.942. The number of fused-ring (bicyclic) bond motifs is 8. The monoisotopic (exact) mass is 437 g/mol. The van der Waals surface area contributed by atoms with Crippen molar-refractivity contribution >= 4 is 38.6 Å². The quantitative estimate of drug-likeness (QED) is 0.239. The number of aromatic nitrogens is 3. The van der Waals surface area contributed by atoms with Crippen molar-refractivity contribution < 1.29 is 18.3 Å². The van der Waals surface area contributed by atoms with Crippen molar-refractivity contribution in [3.05, 3.63) is 102 Å². The third-order valence-corrected chi connectivity index (χ3v) is 8.07. The van der Waals surface area contributed by atoms with Crippen LogP contribution in [0.3, 0.4) is 0 Å². The van der Waals surface area contributed by atoms with Crippen LogP contribution in [0.25, 0.3) is 49.8 Å². The minimum absolute atomic E-state index is 0.611. The molecular formula is C29H15N3O2+2. The molecule has 0 aliphatic carbocycles. The van der Waals surface area contributed by atoms with Crippen LogP contribution in [0.5, 0.6) is 11.5 Å². The molecule has 0 N–H and O–H groups in total. The van der Waals surface area contributed by atoms with Crippen molar-refractivity contribution in [1.82, 2.24) is 4.40 Å². The second-order valence-corrected chi connectivity index (χ2v) is 9.39. The number of pyridine rings is 2. The Morgan fingerprint density at radius 2 is 1.65 bits per heavy atom. The summed E-state index contributed by atoms with van der Waals surface area (Å²) in [6.07, 6.45) is 4.00. The molecule has 7 heterocycles. The second kappa shape index (κ2) is 4.82. The average Bonchev–Trinajstić information content (AvgIpc) is 3.61. The van der Waals surface area contributed by atoms with E-state index in [2.05, 4.69) is 98.6 Å². The fourth-order valence-electron chi connectivity index (χ4n) is 7.03. The Kier molecular flexibility index (Phi) is 2.28. The van der Waals surface area contributed by atoms with E-state index in [1.807, 2.05) is 0 Å². The SMILES string of the molecule is c1cc2c3c(c1)-c1cccc[n+]1C31c3c(ccc4c5ccccc5n5c6ccoc6[n+]1c5c34)O2. The van der Waals surface area contributed by atoms with Crippen LogP contribution in [-0.4, -0.2) is 4.40 Å². The highest BCUT2D eigenvalue weighted by Gasteiger charge is 2.69. The van der Waals surface area contributed by atoms with E-state index in [4.69, 9.17) is 9.15 Å². The number of benzene rings is 3. The van der Waals surface area contributed by atoms with Gasteiger partial charge in [0.15, 0.2) is 6.20 Å². The van der Waals surface area contributed by atoms with Crippen LogP contribution in [-0.2, 0) is 5.66 Å². The summed E-state index contributed by atoms with van der Waals surface area (Å²) in [5.74, 6) is 1.80. The van der Waals surface area contributed by atoms with Crippen molar-refractivity contribution in [1.29, 1.82) is 0 Å². The van der Waals surface area contributed by atoms with Gasteiger partial charge in [-0.3, -0.25) is 0 Å². The number of nitrogens with zero attached hydrogens (tertiary/aromatic N) is 3. The number of imidazole rings is 1. The van der Waals surface area contributed by atoms with Gasteiger partial charge in [0.25, 0.3) is 0 Å². The summed E-state index contributed by atoms with van der Waals surface area (Å²) in [5, 5.41) is 3.69. The van der Waals surface area contributed by atoms with E-state index in [0.29, 0.717) is 0 Å². The van der Waals surface area contributed by atoms with Crippen LogP contribution in [0, 0.1) is 0 Å². The van der Waals surface area contributed by atoms with Gasteiger partial charge in [0.2, 0.25) is 11.2 Å². The highest BCUT2D eigenvalue weighted by atomic mass is 16.5. The zero-order chi connectivity index (χ0) is 21.8. The van der Waals surface area contributed by atoms with Crippen molar-refractivity contribution in [3.8, 4) is 22.8 Å². The maximum absolute atomic E-state index is 6.62. The van der Waals surface area contributed by atoms with Crippen LogP contribution < -0.4 is 13.9 Å². The molecular weight excluding hydrogens is 422 g/mol. The predicted molar refractivity (Wildman–Crippen MR) is 126 cm³/mol. The largest absolute Gasteiger partial charge is 0.456 e. The molecule has 0 bridgehead atoms. The molecule has 3 aromatic carbocycles. The van der Waals surface area contributed by atoms with E-state index >= 15 is 0 Å². The lowest BCUT2D eigenvalue weighted by Crippen LogP contribution is -2.71. The molecule has 3 aliphatic rings. The standard InChI is InChI=1S/C29H15N3O2/c1-2-9-20-16(6-1)17-11-12-23-26-24(17)27-31(20)21-13-15-33-28(21)32(27)29(26)25-18(7-5-10-22(25)34-23)19-8-3-4-14-30(19)29/h1-15H/q+2. The molecule has 10 rings (SSSR count). The van der Waals surface area contributed by atoms with Gasteiger partial charge in [0.1, 0.15) is 28.1 Å². The molecule has 0 saturated carbocycles. The first-order valence-corrected chi connectivity index (χ1v) is 11.5. The van der Waals surface area contributed by atoms with Crippen molar-refractivity contribution in [2.75, 3.05) is 0 Å². The van der Waals surface area contributed by atoms with Gasteiger partial charge in [-0.05, 0) is 36.4 Å². The summed E-state index contributed by atoms with van der Waals surface area (Å²) < 4.78 is 20.1. The summed E-state index contributed by atoms with van der Waals surface area (Å²) in [7, 11) is 0. The molecule has 4 aromatic heterocycles. The smallest absolute Gasteiger partial charge is 0.374 e. The minimum atomic E-state index is -0.611. The fourth-order valence-corrected chi connectivity index (χ4v) is 7.03. The van der Waals surface area contributed by atoms with E-state index in [1.165, 1.54) is 44.1 Å². The summed E-state index contributed by atoms with van der Waals surface area (Å²) >= 11 is 0. The molecule has 5 heteroatoms. The molecule has 5 nitrogen and oxygen atoms in total. The molecule has 7 aromatic rings. The Morgan fingerprint density at radius 1 is 0.735 bits per heavy atom. The van der Waals surface area contributed by atoms with E-state index in [1.54, 1.807) is 6.26 Å². The fraction of sp³-hybridized carbons (Fsp3) is 0.0345. The number of ether oxygens (including phenoxy) is 1. The maximum atomic E-state index is 6.62. The highest BCUT2D eigenvalue weighted by Crippen LogP contribution is 2.57. The molecule has 0 fully saturated rings. The van der Waals surface area contributed by atoms with Crippen LogP contribution >= 0.6 is 0 Å². The Labute approximate surface area is 192 Å². The van der Waals surface area contributed by atoms with E-state index in [0.717, 1.165) is 28.4 Å². The minimum Gasteiger partial charge on any atom is -0.456 e. The Balaban J connectivity index is 1.62. The molecule has 1 spiro atoms. The third-order valence-electron chi connectivity index (χ3n) is 8.07. The van der Waals surface area contributed by atoms with Crippen LogP contribution in [0.4, 0.5) is 0 Å². The third kappa shape index (κ3) is 1.36. The number of furan rings is 1. The molecule has 0 amide bonds. The highest BCUT2D eigenvalue weighted by molar-refractivity contribution is 6.15. The van der Waals surface area contributed by atoms with Gasteiger partial charge in [0.05, 0.1) is 17.2 Å². The topological polar surface area (TPSA) is 34.5 Å². The first-order chi connectivity index (χ1) is 16.9. The van der Waals surface area contributed by atoms with Gasteiger partial charge in [-0.1, -0.05) is 24.3 Å². The molecule has 156 valence electrons. The van der Waals surface area contributed by atoms with E-state index < -0.39 is 5.66 Å². The molecule has 3 aliphatic heterocycles. The number of hydrogen-bond donors (Lipinski definition) is 0. The number of para-hydroxylation sites is 1. The summed E-state index contributed by atoms with van der Waals surface area (Å²) in [5.41, 5.74) is 8.40. The first-order valence-electron chi connectivity index (χ1n) is 11.5. The van der Waals surface area contributed by atoms with Crippen LogP contribution in [0.2, 0.25) is 0 Å². The van der Waals surface area contributed by atoms with Crippen molar-refractivity contribution in [2.24, 2.45) is 0 Å². The number of rotatable bonds is 0. The normalized spacial score (nSPS) is 18.4. The Hall–Kier alpha value is -4.64. The summed E-state index contributed by atoms with van der Waals surface area (Å²) in [6, 6.07) is 27.9. The summed E-state index contributed by atoms with van der Waals surface area (Å²) in [6.45, 7) is 0. The van der Waals surface area contributed by atoms with Crippen molar-refractivity contribution in [2.45, 2.75) is 5.66 Å². The van der Waals surface area contributed by atoms with Crippen LogP contribution in [0.1, 0.15) is 11.1 Å². The molecule has 0 saturated heterocycles. The first kappa shape index (κ1) is 16.0. The lowest BCUT2D eigenvalue weighted by atomic mass is 9.86. The van der Waals surface area contributed by atoms with E-state index in [-0.39, 0.29) is 0 Å². The van der Waals surface area contributed by atoms with Crippen LogP contribution in [0.15, 0.2) is 95.7 Å². The molecule has 1 unspecified atom stereocenters. The van der Waals surface area contributed by atoms with Gasteiger partial charge >= 0.3 is 17.0 Å². The zero-order valence-electron chi connectivity index (χ0n) is 17.8. The molecule has 34 heavy (non-hydrogen) atoms. The molecule has 1 atom stereocenters. The van der Waals surface area contributed by atoms with E-state index in [9.17, 15) is 0 Å². The average molecular weight is 437 g/mol. The van der Waals surface area contributed by atoms with Gasteiger partial charge in [-0.2, -0.15) is 4.40 Å². The van der Waals surface area contributed by atoms with Gasteiger partial charge < -0.3 is 9.15 Å². The predicted octanol–water partition coefficient (Wildman–Crippen LogP) is 5.26. The lowest BCUT2D eigenvalue weighted by Gasteiger charge is -2.27. The van der Waals surface area contributed by atoms with Gasteiger partial charge in [-0.25, -0.2) is 0 Å². The second-order valence-electron chi connectivity index (χ2n) is 9.39. The zero-order valence-corrected chi connectivity index (χ0v) is 17.8. The van der Waals surface area contributed by atoms with Crippen molar-refractivity contribution in [3.63, 3.8) is 0 Å². The number of hydrogen-bond acceptors (Lipinski definition) is 2. The Morgan fingerprint density at radius 3 is 2.65 bits per heavy atom.